The monoisotopic (exact) mass is 376 g/mol. The number of amides is 2. The smallest absolute Gasteiger partial charge is 0.410 e. The first-order valence-electron chi connectivity index (χ1n) is 9.11. The topological polar surface area (TPSA) is 76.2 Å². The number of carbonyl (C=O) groups excluding carboxylic acids is 3. The molecule has 0 unspecified atom stereocenters. The lowest BCUT2D eigenvalue weighted by atomic mass is 9.98. The average Bonchev–Trinajstić information content (AvgIpc) is 3.03. The summed E-state index contributed by atoms with van der Waals surface area (Å²) in [6, 6.07) is 1.70. The average molecular weight is 376 g/mol. The summed E-state index contributed by atoms with van der Waals surface area (Å²) in [5, 5.41) is 0. The minimum Gasteiger partial charge on any atom is -0.496 e. The molecule has 0 aliphatic carbocycles. The van der Waals surface area contributed by atoms with E-state index in [1.165, 1.54) is 7.11 Å². The Morgan fingerprint density at radius 1 is 1.22 bits per heavy atom. The molecule has 0 aromatic heterocycles. The van der Waals surface area contributed by atoms with Crippen LogP contribution in [0.2, 0.25) is 0 Å². The van der Waals surface area contributed by atoms with Gasteiger partial charge < -0.3 is 14.4 Å². The third-order valence-corrected chi connectivity index (χ3v) is 4.48. The highest BCUT2D eigenvalue weighted by Crippen LogP contribution is 2.36. The molecule has 0 saturated heterocycles. The van der Waals surface area contributed by atoms with Crippen LogP contribution in [0, 0.1) is 0 Å². The van der Waals surface area contributed by atoms with Crippen molar-refractivity contribution in [2.75, 3.05) is 20.2 Å². The standard InChI is InChI=1S/C20H28N2O5/c1-7-21(8-2)18(24)14-9-13-10-22(19(25)27-20(3,4)5)11-15(13)17(26-6)16(14)12-23/h9,12H,7-8,10-11H2,1-6H3. The van der Waals surface area contributed by atoms with Gasteiger partial charge in [-0.2, -0.15) is 0 Å². The van der Waals surface area contributed by atoms with E-state index >= 15 is 0 Å². The largest absolute Gasteiger partial charge is 0.496 e. The van der Waals surface area contributed by atoms with Crippen molar-refractivity contribution in [3.05, 3.63) is 28.3 Å². The van der Waals surface area contributed by atoms with Gasteiger partial charge in [0.2, 0.25) is 0 Å². The number of nitrogens with zero attached hydrogens (tertiary/aromatic N) is 2. The fourth-order valence-corrected chi connectivity index (χ4v) is 3.20. The van der Waals surface area contributed by atoms with Crippen LogP contribution in [0.1, 0.15) is 66.5 Å². The van der Waals surface area contributed by atoms with Crippen LogP contribution in [0.25, 0.3) is 0 Å². The number of fused-ring (bicyclic) bond motifs is 1. The van der Waals surface area contributed by atoms with E-state index < -0.39 is 11.7 Å². The van der Waals surface area contributed by atoms with E-state index in [2.05, 4.69) is 0 Å². The molecule has 1 aromatic rings. The number of ether oxygens (including phenoxy) is 2. The van der Waals surface area contributed by atoms with E-state index in [1.807, 2.05) is 13.8 Å². The zero-order chi connectivity index (χ0) is 20.4. The predicted octanol–water partition coefficient (Wildman–Crippen LogP) is 3.24. The number of hydrogen-bond donors (Lipinski definition) is 0. The minimum absolute atomic E-state index is 0.221. The highest BCUT2D eigenvalue weighted by atomic mass is 16.6. The molecule has 27 heavy (non-hydrogen) atoms. The molecule has 7 heteroatoms. The van der Waals surface area contributed by atoms with Crippen LogP contribution in [-0.4, -0.2) is 53.9 Å². The molecule has 148 valence electrons. The van der Waals surface area contributed by atoms with Crippen LogP contribution in [0.4, 0.5) is 4.79 Å². The Kier molecular flexibility index (Phi) is 6.13. The van der Waals surface area contributed by atoms with Gasteiger partial charge in [-0.25, -0.2) is 4.79 Å². The molecule has 0 atom stereocenters. The van der Waals surface area contributed by atoms with Crippen LogP contribution in [0.3, 0.4) is 0 Å². The lowest BCUT2D eigenvalue weighted by Crippen LogP contribution is -2.33. The van der Waals surface area contributed by atoms with Gasteiger partial charge in [-0.1, -0.05) is 0 Å². The van der Waals surface area contributed by atoms with E-state index in [9.17, 15) is 14.4 Å². The molecule has 2 rings (SSSR count). The SMILES string of the molecule is CCN(CC)C(=O)c1cc2c(c(OC)c1C=O)CN(C(=O)OC(C)(C)C)C2. The number of rotatable bonds is 5. The number of methoxy groups -OCH3 is 1. The van der Waals surface area contributed by atoms with Crippen LogP contribution in [0.15, 0.2) is 6.07 Å². The van der Waals surface area contributed by atoms with E-state index in [0.717, 1.165) is 11.1 Å². The predicted molar refractivity (Wildman–Crippen MR) is 101 cm³/mol. The maximum Gasteiger partial charge on any atom is 0.410 e. The molecular formula is C20H28N2O5. The second kappa shape index (κ2) is 7.98. The first-order chi connectivity index (χ1) is 12.7. The fourth-order valence-electron chi connectivity index (χ4n) is 3.20. The number of hydrogen-bond acceptors (Lipinski definition) is 5. The summed E-state index contributed by atoms with van der Waals surface area (Å²) in [5.41, 5.74) is 1.45. The molecule has 0 spiro atoms. The number of carbonyl (C=O) groups is 3. The van der Waals surface area contributed by atoms with Gasteiger partial charge in [0.1, 0.15) is 11.4 Å². The molecule has 0 radical (unpaired) electrons. The quantitative estimate of drug-likeness (QED) is 0.738. The molecule has 7 nitrogen and oxygen atoms in total. The van der Waals surface area contributed by atoms with E-state index in [1.54, 1.807) is 36.6 Å². The summed E-state index contributed by atoms with van der Waals surface area (Å²) in [4.78, 5) is 40.2. The molecule has 0 bridgehead atoms. The van der Waals surface area contributed by atoms with Gasteiger partial charge in [-0.05, 0) is 46.2 Å². The summed E-state index contributed by atoms with van der Waals surface area (Å²) in [7, 11) is 1.46. The molecule has 2 amide bonds. The van der Waals surface area contributed by atoms with Gasteiger partial charge in [0.05, 0.1) is 24.8 Å². The lowest BCUT2D eigenvalue weighted by Gasteiger charge is -2.24. The zero-order valence-electron chi connectivity index (χ0n) is 16.9. The van der Waals surface area contributed by atoms with Crippen molar-refractivity contribution in [1.29, 1.82) is 0 Å². The Morgan fingerprint density at radius 2 is 1.85 bits per heavy atom. The third-order valence-electron chi connectivity index (χ3n) is 4.48. The van der Waals surface area contributed by atoms with Crippen molar-refractivity contribution in [1.82, 2.24) is 9.80 Å². The van der Waals surface area contributed by atoms with Crippen LogP contribution < -0.4 is 4.74 Å². The number of benzene rings is 1. The summed E-state index contributed by atoms with van der Waals surface area (Å²) in [6.07, 6.45) is 0.205. The van der Waals surface area contributed by atoms with Gasteiger partial charge >= 0.3 is 6.09 Å². The highest BCUT2D eigenvalue weighted by Gasteiger charge is 2.33. The Hall–Kier alpha value is -2.57. The maximum absolute atomic E-state index is 12.9. The minimum atomic E-state index is -0.603. The Morgan fingerprint density at radius 3 is 2.33 bits per heavy atom. The molecule has 1 aromatic carbocycles. The lowest BCUT2D eigenvalue weighted by molar-refractivity contribution is 0.0241. The van der Waals surface area contributed by atoms with Crippen molar-refractivity contribution in [3.63, 3.8) is 0 Å². The van der Waals surface area contributed by atoms with Crippen molar-refractivity contribution >= 4 is 18.3 Å². The van der Waals surface area contributed by atoms with Crippen molar-refractivity contribution < 1.29 is 23.9 Å². The molecule has 1 heterocycles. The Bertz CT molecular complexity index is 748. The second-order valence-corrected chi connectivity index (χ2v) is 7.44. The normalized spacial score (nSPS) is 13.2. The molecular weight excluding hydrogens is 348 g/mol. The summed E-state index contributed by atoms with van der Waals surface area (Å²) in [6.45, 7) is 10.8. The van der Waals surface area contributed by atoms with Crippen molar-refractivity contribution in [2.24, 2.45) is 0 Å². The van der Waals surface area contributed by atoms with Crippen molar-refractivity contribution in [3.8, 4) is 5.75 Å². The zero-order valence-corrected chi connectivity index (χ0v) is 16.9. The molecule has 0 fully saturated rings. The van der Waals surface area contributed by atoms with Crippen LogP contribution >= 0.6 is 0 Å². The third kappa shape index (κ3) is 4.23. The van der Waals surface area contributed by atoms with E-state index in [-0.39, 0.29) is 18.0 Å². The molecule has 0 saturated carbocycles. The van der Waals surface area contributed by atoms with Gasteiger partial charge in [0.15, 0.2) is 6.29 Å². The maximum atomic E-state index is 12.9. The molecule has 1 aliphatic rings. The summed E-state index contributed by atoms with van der Waals surface area (Å²) >= 11 is 0. The van der Waals surface area contributed by atoms with Crippen molar-refractivity contribution in [2.45, 2.75) is 53.3 Å². The molecule has 0 N–H and O–H groups in total. The van der Waals surface area contributed by atoms with Crippen LogP contribution in [0.5, 0.6) is 5.75 Å². The van der Waals surface area contributed by atoms with Gasteiger partial charge in [0.25, 0.3) is 5.91 Å². The van der Waals surface area contributed by atoms with Crippen LogP contribution in [-0.2, 0) is 17.8 Å². The first-order valence-corrected chi connectivity index (χ1v) is 9.11. The Balaban J connectivity index is 2.45. The van der Waals surface area contributed by atoms with Gasteiger partial charge in [0, 0.05) is 25.2 Å². The first kappa shape index (κ1) is 20.7. The van der Waals surface area contributed by atoms with Gasteiger partial charge in [-0.3, -0.25) is 14.5 Å². The molecule has 1 aliphatic heterocycles. The summed E-state index contributed by atoms with van der Waals surface area (Å²) < 4.78 is 10.9. The van der Waals surface area contributed by atoms with E-state index in [0.29, 0.717) is 37.2 Å². The Labute approximate surface area is 160 Å². The second-order valence-electron chi connectivity index (χ2n) is 7.44. The van der Waals surface area contributed by atoms with E-state index in [4.69, 9.17) is 9.47 Å². The summed E-state index contributed by atoms with van der Waals surface area (Å²) in [5.74, 6) is 0.128. The number of aldehydes is 1. The fraction of sp³-hybridized carbons (Fsp3) is 0.550. The van der Waals surface area contributed by atoms with Gasteiger partial charge in [-0.15, -0.1) is 0 Å². The highest BCUT2D eigenvalue weighted by molar-refractivity contribution is 6.03.